The van der Waals surface area contributed by atoms with Crippen molar-refractivity contribution < 1.29 is 14.3 Å². The number of hydrogen-bond donors (Lipinski definition) is 1. The Bertz CT molecular complexity index is 667. The van der Waals surface area contributed by atoms with Crippen molar-refractivity contribution in [2.45, 2.75) is 25.2 Å². The molecule has 2 aromatic rings. The van der Waals surface area contributed by atoms with Gasteiger partial charge in [-0.05, 0) is 48.2 Å². The number of aryl methyl sites for hydroxylation is 1. The molecule has 1 aliphatic heterocycles. The lowest BCUT2D eigenvalue weighted by molar-refractivity contribution is -0.130. The van der Waals surface area contributed by atoms with Crippen LogP contribution in [0.5, 0.6) is 5.75 Å². The van der Waals surface area contributed by atoms with Gasteiger partial charge in [0, 0.05) is 25.4 Å². The number of phenolic OH excluding ortho intramolecular Hbond substituents is 1. The first-order valence-electron chi connectivity index (χ1n) is 7.93. The van der Waals surface area contributed by atoms with Crippen LogP contribution in [0.3, 0.4) is 0 Å². The van der Waals surface area contributed by atoms with Gasteiger partial charge in [0.2, 0.25) is 5.91 Å². The summed E-state index contributed by atoms with van der Waals surface area (Å²) in [5.74, 6) is 0.464. The third-order valence-corrected chi connectivity index (χ3v) is 4.45. The van der Waals surface area contributed by atoms with Gasteiger partial charge in [-0.15, -0.1) is 0 Å². The predicted octanol–water partition coefficient (Wildman–Crippen LogP) is 3.48. The number of nitrogens with zero attached hydrogens (tertiary/aromatic N) is 1. The van der Waals surface area contributed by atoms with E-state index in [1.165, 1.54) is 12.1 Å². The number of likely N-dealkylation sites (tertiary alicyclic amines) is 1. The SMILES string of the molecule is O=C(CCc1ccc(O)cc1)N1CC[C@H](c2ccc(F)cc2)C1. The van der Waals surface area contributed by atoms with Crippen LogP contribution >= 0.6 is 0 Å². The van der Waals surface area contributed by atoms with Crippen molar-refractivity contribution in [1.29, 1.82) is 0 Å². The van der Waals surface area contributed by atoms with E-state index in [-0.39, 0.29) is 17.5 Å². The lowest BCUT2D eigenvalue weighted by Gasteiger charge is -2.17. The number of phenols is 1. The summed E-state index contributed by atoms with van der Waals surface area (Å²) in [6, 6.07) is 13.5. The molecule has 1 amide bonds. The van der Waals surface area contributed by atoms with Crippen LogP contribution in [-0.4, -0.2) is 29.0 Å². The number of halogens is 1. The van der Waals surface area contributed by atoms with E-state index in [4.69, 9.17) is 0 Å². The first-order valence-corrected chi connectivity index (χ1v) is 7.93. The monoisotopic (exact) mass is 313 g/mol. The summed E-state index contributed by atoms with van der Waals surface area (Å²) in [7, 11) is 0. The summed E-state index contributed by atoms with van der Waals surface area (Å²) >= 11 is 0. The second-order valence-electron chi connectivity index (χ2n) is 6.04. The van der Waals surface area contributed by atoms with Gasteiger partial charge >= 0.3 is 0 Å². The van der Waals surface area contributed by atoms with Gasteiger partial charge in [-0.1, -0.05) is 24.3 Å². The van der Waals surface area contributed by atoms with Crippen molar-refractivity contribution in [1.82, 2.24) is 4.90 Å². The van der Waals surface area contributed by atoms with Gasteiger partial charge in [0.25, 0.3) is 0 Å². The van der Waals surface area contributed by atoms with Gasteiger partial charge in [0.1, 0.15) is 11.6 Å². The maximum Gasteiger partial charge on any atom is 0.222 e. The predicted molar refractivity (Wildman–Crippen MR) is 86.8 cm³/mol. The highest BCUT2D eigenvalue weighted by molar-refractivity contribution is 5.76. The zero-order valence-corrected chi connectivity index (χ0v) is 12.9. The molecule has 0 bridgehead atoms. The van der Waals surface area contributed by atoms with Crippen LogP contribution in [0.1, 0.15) is 29.9 Å². The fourth-order valence-corrected chi connectivity index (χ4v) is 3.07. The first-order chi connectivity index (χ1) is 11.1. The lowest BCUT2D eigenvalue weighted by Crippen LogP contribution is -2.28. The minimum absolute atomic E-state index is 0.155. The van der Waals surface area contributed by atoms with Crippen molar-refractivity contribution in [3.63, 3.8) is 0 Å². The standard InChI is InChI=1S/C19H20FNO2/c20-17-6-4-15(5-7-17)16-11-12-21(13-16)19(23)10-3-14-1-8-18(22)9-2-14/h1-2,4-9,16,22H,3,10-13H2/t16-/m0/s1. The molecule has 1 heterocycles. The van der Waals surface area contributed by atoms with Gasteiger partial charge in [-0.25, -0.2) is 4.39 Å². The first kappa shape index (κ1) is 15.5. The molecule has 1 aliphatic rings. The number of rotatable bonds is 4. The number of amides is 1. The second kappa shape index (κ2) is 6.82. The van der Waals surface area contributed by atoms with E-state index in [1.807, 2.05) is 29.2 Å². The van der Waals surface area contributed by atoms with E-state index in [2.05, 4.69) is 0 Å². The molecule has 0 aliphatic carbocycles. The summed E-state index contributed by atoms with van der Waals surface area (Å²) in [5, 5.41) is 9.26. The van der Waals surface area contributed by atoms with Crippen LogP contribution in [0, 0.1) is 5.82 Å². The summed E-state index contributed by atoms with van der Waals surface area (Å²) < 4.78 is 13.0. The average molecular weight is 313 g/mol. The number of carbonyl (C=O) groups is 1. The van der Waals surface area contributed by atoms with E-state index < -0.39 is 0 Å². The van der Waals surface area contributed by atoms with Crippen molar-refractivity contribution in [3.05, 3.63) is 65.5 Å². The Morgan fingerprint density at radius 2 is 1.83 bits per heavy atom. The van der Waals surface area contributed by atoms with E-state index in [0.717, 1.165) is 24.1 Å². The normalized spacial score (nSPS) is 17.4. The quantitative estimate of drug-likeness (QED) is 0.939. The maximum absolute atomic E-state index is 13.0. The molecule has 23 heavy (non-hydrogen) atoms. The maximum atomic E-state index is 13.0. The molecule has 1 N–H and O–H groups in total. The van der Waals surface area contributed by atoms with Gasteiger partial charge in [0.05, 0.1) is 0 Å². The third kappa shape index (κ3) is 3.89. The third-order valence-electron chi connectivity index (χ3n) is 4.45. The Morgan fingerprint density at radius 1 is 1.13 bits per heavy atom. The fraction of sp³-hybridized carbons (Fsp3) is 0.316. The molecule has 0 unspecified atom stereocenters. The number of aromatic hydroxyl groups is 1. The summed E-state index contributed by atoms with van der Waals surface area (Å²) in [5.41, 5.74) is 2.14. The molecule has 1 saturated heterocycles. The average Bonchev–Trinajstić information content (AvgIpc) is 3.05. The summed E-state index contributed by atoms with van der Waals surface area (Å²) in [4.78, 5) is 14.2. The molecule has 4 heteroatoms. The van der Waals surface area contributed by atoms with Crippen LogP contribution in [-0.2, 0) is 11.2 Å². The van der Waals surface area contributed by atoms with Crippen LogP contribution < -0.4 is 0 Å². The van der Waals surface area contributed by atoms with Crippen molar-refractivity contribution in [3.8, 4) is 5.75 Å². The molecular formula is C19H20FNO2. The molecule has 1 fully saturated rings. The van der Waals surface area contributed by atoms with Gasteiger partial charge in [-0.3, -0.25) is 4.79 Å². The fourth-order valence-electron chi connectivity index (χ4n) is 3.07. The van der Waals surface area contributed by atoms with Crippen LogP contribution in [0.15, 0.2) is 48.5 Å². The van der Waals surface area contributed by atoms with E-state index in [9.17, 15) is 14.3 Å². The Labute approximate surface area is 135 Å². The molecule has 2 aromatic carbocycles. The van der Waals surface area contributed by atoms with Crippen LogP contribution in [0.4, 0.5) is 4.39 Å². The highest BCUT2D eigenvalue weighted by atomic mass is 19.1. The Hall–Kier alpha value is -2.36. The molecule has 3 rings (SSSR count). The minimum Gasteiger partial charge on any atom is -0.508 e. The highest BCUT2D eigenvalue weighted by Crippen LogP contribution is 2.27. The number of hydrogen-bond acceptors (Lipinski definition) is 2. The van der Waals surface area contributed by atoms with E-state index in [1.54, 1.807) is 12.1 Å². The molecule has 0 spiro atoms. The van der Waals surface area contributed by atoms with Crippen molar-refractivity contribution >= 4 is 5.91 Å². The van der Waals surface area contributed by atoms with Gasteiger partial charge in [0.15, 0.2) is 0 Å². The smallest absolute Gasteiger partial charge is 0.222 e. The molecule has 0 radical (unpaired) electrons. The lowest BCUT2D eigenvalue weighted by atomic mass is 9.99. The van der Waals surface area contributed by atoms with E-state index in [0.29, 0.717) is 25.3 Å². The van der Waals surface area contributed by atoms with Crippen LogP contribution in [0.2, 0.25) is 0 Å². The summed E-state index contributed by atoms with van der Waals surface area (Å²) in [6.07, 6.45) is 2.08. The zero-order valence-electron chi connectivity index (χ0n) is 12.9. The zero-order chi connectivity index (χ0) is 16.2. The minimum atomic E-state index is -0.228. The molecule has 1 atom stereocenters. The molecule has 3 nitrogen and oxygen atoms in total. The molecule has 120 valence electrons. The molecule has 0 saturated carbocycles. The highest BCUT2D eigenvalue weighted by Gasteiger charge is 2.26. The van der Waals surface area contributed by atoms with Gasteiger partial charge in [-0.2, -0.15) is 0 Å². The van der Waals surface area contributed by atoms with Crippen molar-refractivity contribution in [2.24, 2.45) is 0 Å². The number of benzene rings is 2. The second-order valence-corrected chi connectivity index (χ2v) is 6.04. The van der Waals surface area contributed by atoms with E-state index >= 15 is 0 Å². The summed E-state index contributed by atoms with van der Waals surface area (Å²) in [6.45, 7) is 1.47. The Balaban J connectivity index is 1.53. The topological polar surface area (TPSA) is 40.5 Å². The largest absolute Gasteiger partial charge is 0.508 e. The molecule has 0 aromatic heterocycles. The van der Waals surface area contributed by atoms with Gasteiger partial charge < -0.3 is 10.0 Å². The van der Waals surface area contributed by atoms with Crippen LogP contribution in [0.25, 0.3) is 0 Å². The number of carbonyl (C=O) groups excluding carboxylic acids is 1. The Kier molecular flexibility index (Phi) is 4.60. The van der Waals surface area contributed by atoms with Crippen molar-refractivity contribution in [2.75, 3.05) is 13.1 Å². The Morgan fingerprint density at radius 3 is 2.52 bits per heavy atom. The molecular weight excluding hydrogens is 293 g/mol.